The first kappa shape index (κ1) is 32.4. The number of nitrogens with one attached hydrogen (secondary N) is 1. The SMILES string of the molecule is O=C(CSc1nc2ccc(N=Cc3cc(Br)c(O)c(Br)c3)cc2s1)Nc1ccc2nc(SCC(=O)c3ccc(Br)cc3)sc2c1. The van der Waals surface area contributed by atoms with Gasteiger partial charge in [-0.2, -0.15) is 0 Å². The molecule has 0 aliphatic carbocycles. The number of aromatic nitrogens is 2. The Bertz CT molecular complexity index is 2070. The zero-order valence-corrected chi connectivity index (χ0v) is 30.8. The lowest BCUT2D eigenvalue weighted by Crippen LogP contribution is -2.13. The largest absolute Gasteiger partial charge is 0.506 e. The molecule has 6 aromatic rings. The van der Waals surface area contributed by atoms with Crippen LogP contribution in [0.5, 0.6) is 5.75 Å². The van der Waals surface area contributed by atoms with Gasteiger partial charge in [0.2, 0.25) is 5.91 Å². The number of amides is 1. The molecule has 2 N–H and O–H groups in total. The van der Waals surface area contributed by atoms with E-state index in [1.54, 1.807) is 18.3 Å². The highest BCUT2D eigenvalue weighted by Crippen LogP contribution is 2.35. The summed E-state index contributed by atoms with van der Waals surface area (Å²) in [4.78, 5) is 39.1. The zero-order chi connectivity index (χ0) is 31.5. The molecule has 2 heterocycles. The third-order valence-corrected chi connectivity index (χ3v) is 12.3. The Balaban J connectivity index is 1.03. The maximum Gasteiger partial charge on any atom is 0.234 e. The van der Waals surface area contributed by atoms with Crippen LogP contribution < -0.4 is 5.32 Å². The van der Waals surface area contributed by atoms with E-state index in [9.17, 15) is 14.7 Å². The molecule has 0 aliphatic heterocycles. The highest BCUT2D eigenvalue weighted by atomic mass is 79.9. The number of benzene rings is 4. The number of thiazole rings is 2. The Morgan fingerprint density at radius 3 is 2.13 bits per heavy atom. The number of hydrogen-bond donors (Lipinski definition) is 2. The first-order valence-electron chi connectivity index (χ1n) is 13.1. The summed E-state index contributed by atoms with van der Waals surface area (Å²) < 4.78 is 5.61. The van der Waals surface area contributed by atoms with E-state index in [1.807, 2.05) is 60.7 Å². The molecule has 2 aromatic heterocycles. The maximum atomic E-state index is 12.8. The van der Waals surface area contributed by atoms with E-state index >= 15 is 0 Å². The van der Waals surface area contributed by atoms with Crippen LogP contribution in [0.25, 0.3) is 20.4 Å². The number of nitrogens with zero attached hydrogens (tertiary/aromatic N) is 3. The van der Waals surface area contributed by atoms with Crippen molar-refractivity contribution in [3.05, 3.63) is 97.3 Å². The maximum absolute atomic E-state index is 12.8. The highest BCUT2D eigenvalue weighted by molar-refractivity contribution is 9.11. The summed E-state index contributed by atoms with van der Waals surface area (Å²) in [6.07, 6.45) is 1.73. The summed E-state index contributed by atoms with van der Waals surface area (Å²) in [5, 5.41) is 12.9. The Kier molecular flexibility index (Phi) is 10.4. The third kappa shape index (κ3) is 8.23. The number of carbonyl (C=O) groups is 2. The Morgan fingerprint density at radius 1 is 0.822 bits per heavy atom. The van der Waals surface area contributed by atoms with Gasteiger partial charge < -0.3 is 10.4 Å². The minimum atomic E-state index is -0.130. The van der Waals surface area contributed by atoms with E-state index < -0.39 is 0 Å². The van der Waals surface area contributed by atoms with Crippen molar-refractivity contribution in [2.75, 3.05) is 16.8 Å². The molecule has 226 valence electrons. The van der Waals surface area contributed by atoms with E-state index in [4.69, 9.17) is 0 Å². The van der Waals surface area contributed by atoms with Gasteiger partial charge >= 0.3 is 0 Å². The van der Waals surface area contributed by atoms with Crippen LogP contribution in [0.15, 0.2) is 99.9 Å². The monoisotopic (exact) mass is 860 g/mol. The molecule has 7 nitrogen and oxygen atoms in total. The molecule has 0 saturated heterocycles. The summed E-state index contributed by atoms with van der Waals surface area (Å²) in [5.74, 6) is 0.583. The summed E-state index contributed by atoms with van der Waals surface area (Å²) in [7, 11) is 0. The number of thioether (sulfide) groups is 2. The van der Waals surface area contributed by atoms with Crippen LogP contribution in [-0.2, 0) is 4.79 Å². The smallest absolute Gasteiger partial charge is 0.234 e. The van der Waals surface area contributed by atoms with Crippen molar-refractivity contribution in [3.63, 3.8) is 0 Å². The van der Waals surface area contributed by atoms with Crippen molar-refractivity contribution < 1.29 is 14.7 Å². The van der Waals surface area contributed by atoms with Gasteiger partial charge in [-0.25, -0.2) is 9.97 Å². The number of rotatable bonds is 10. The van der Waals surface area contributed by atoms with Gasteiger partial charge in [-0.05, 0) is 98.1 Å². The minimum Gasteiger partial charge on any atom is -0.506 e. The quantitative estimate of drug-likeness (QED) is 0.0803. The lowest BCUT2D eigenvalue weighted by Gasteiger charge is -2.03. The number of Topliss-reactive ketones (excluding diaryl/α,β-unsaturated/α-hetero) is 1. The first-order chi connectivity index (χ1) is 21.7. The molecular weight excluding hydrogens is 844 g/mol. The normalized spacial score (nSPS) is 11.5. The number of anilines is 1. The molecule has 0 spiro atoms. The average Bonchev–Trinajstić information content (AvgIpc) is 3.63. The second kappa shape index (κ2) is 14.4. The van der Waals surface area contributed by atoms with Gasteiger partial charge in [-0.15, -0.1) is 22.7 Å². The number of phenolic OH excluding ortho intramolecular Hbond substituents is 1. The molecule has 4 aromatic carbocycles. The van der Waals surface area contributed by atoms with Crippen LogP contribution in [0.3, 0.4) is 0 Å². The predicted molar refractivity (Wildman–Crippen MR) is 199 cm³/mol. The summed E-state index contributed by atoms with van der Waals surface area (Å²) in [5.41, 5.74) is 4.64. The number of phenols is 1. The van der Waals surface area contributed by atoms with Crippen molar-refractivity contribution in [1.29, 1.82) is 0 Å². The van der Waals surface area contributed by atoms with Crippen LogP contribution >= 0.6 is 94.0 Å². The number of halogens is 3. The van der Waals surface area contributed by atoms with Crippen LogP contribution in [-0.4, -0.2) is 44.5 Å². The Morgan fingerprint density at radius 2 is 1.44 bits per heavy atom. The van der Waals surface area contributed by atoms with Crippen molar-refractivity contribution in [2.24, 2.45) is 4.99 Å². The molecule has 45 heavy (non-hydrogen) atoms. The molecule has 0 radical (unpaired) electrons. The number of aromatic hydroxyl groups is 1. The third-order valence-electron chi connectivity index (χ3n) is 6.23. The minimum absolute atomic E-state index is 0.0481. The van der Waals surface area contributed by atoms with Gasteiger partial charge in [0.05, 0.1) is 46.6 Å². The number of aliphatic imine (C=N–C) groups is 1. The van der Waals surface area contributed by atoms with Crippen LogP contribution in [0.2, 0.25) is 0 Å². The van der Waals surface area contributed by atoms with E-state index in [2.05, 4.69) is 68.1 Å². The van der Waals surface area contributed by atoms with Crippen molar-refractivity contribution in [3.8, 4) is 5.75 Å². The molecule has 0 bridgehead atoms. The molecule has 0 saturated carbocycles. The predicted octanol–water partition coefficient (Wildman–Crippen LogP) is 10.4. The number of carbonyl (C=O) groups excluding carboxylic acids is 2. The number of ketones is 1. The topological polar surface area (TPSA) is 105 Å². The van der Waals surface area contributed by atoms with Crippen molar-refractivity contribution >= 4 is 144 Å². The number of hydrogen-bond acceptors (Lipinski definition) is 10. The first-order valence-corrected chi connectivity index (χ1v) is 19.1. The Labute approximate surface area is 299 Å². The molecule has 0 aliphatic rings. The van der Waals surface area contributed by atoms with Crippen molar-refractivity contribution in [1.82, 2.24) is 9.97 Å². The number of fused-ring (bicyclic) bond motifs is 2. The summed E-state index contributed by atoms with van der Waals surface area (Å²) in [6.45, 7) is 0. The fourth-order valence-corrected chi connectivity index (χ4v) is 9.45. The van der Waals surface area contributed by atoms with Crippen LogP contribution in [0.1, 0.15) is 15.9 Å². The molecule has 0 atom stereocenters. The van der Waals surface area contributed by atoms with Gasteiger partial charge in [0, 0.05) is 21.9 Å². The lowest BCUT2D eigenvalue weighted by molar-refractivity contribution is -0.113. The molecular formula is C31H19Br3N4O3S4. The fourth-order valence-electron chi connectivity index (χ4n) is 4.06. The second-order valence-corrected chi connectivity index (χ2v) is 16.6. The summed E-state index contributed by atoms with van der Waals surface area (Å²) >= 11 is 15.9. The van der Waals surface area contributed by atoms with E-state index in [0.29, 0.717) is 25.9 Å². The molecule has 14 heteroatoms. The zero-order valence-electron chi connectivity index (χ0n) is 22.8. The lowest BCUT2D eigenvalue weighted by atomic mass is 10.2. The van der Waals surface area contributed by atoms with Crippen molar-refractivity contribution in [2.45, 2.75) is 8.68 Å². The van der Waals surface area contributed by atoms with Gasteiger partial charge in [0.25, 0.3) is 0 Å². The molecule has 0 unspecified atom stereocenters. The van der Waals surface area contributed by atoms with Crippen LogP contribution in [0.4, 0.5) is 11.4 Å². The van der Waals surface area contributed by atoms with E-state index in [0.717, 1.165) is 44.8 Å². The van der Waals surface area contributed by atoms with Gasteiger partial charge in [-0.1, -0.05) is 51.6 Å². The average molecular weight is 863 g/mol. The molecule has 0 fully saturated rings. The second-order valence-electron chi connectivity index (χ2n) is 9.44. The van der Waals surface area contributed by atoms with Gasteiger partial charge in [0.15, 0.2) is 14.5 Å². The molecule has 6 rings (SSSR count). The van der Waals surface area contributed by atoms with E-state index in [1.165, 1.54) is 46.2 Å². The molecule has 1 amide bonds. The fraction of sp³-hybridized carbons (Fsp3) is 0.0645. The van der Waals surface area contributed by atoms with Crippen LogP contribution in [0, 0.1) is 0 Å². The standard InChI is InChI=1S/C31H19Br3N4O3S4/c32-18-3-1-17(2-4-18)25(39)14-42-30-37-24-8-6-20(12-27(24)45-30)36-28(40)15-43-31-38-23-7-5-19(11-26(23)44-31)35-13-16-9-21(33)29(41)22(34)10-16/h1-13,41H,14-15H2,(H,36,40). The Hall–Kier alpha value is -2.59. The van der Waals surface area contributed by atoms with Gasteiger partial charge in [-0.3, -0.25) is 14.6 Å². The van der Waals surface area contributed by atoms with E-state index in [-0.39, 0.29) is 23.2 Å². The van der Waals surface area contributed by atoms with Gasteiger partial charge in [0.1, 0.15) is 5.75 Å². The summed E-state index contributed by atoms with van der Waals surface area (Å²) in [6, 6.07) is 22.3. The highest BCUT2D eigenvalue weighted by Gasteiger charge is 2.13.